The fourth-order valence-electron chi connectivity index (χ4n) is 3.62. The Labute approximate surface area is 171 Å². The molecular weight excluding hydrogens is 391 g/mol. The van der Waals surface area contributed by atoms with Crippen molar-refractivity contribution in [2.75, 3.05) is 11.9 Å². The van der Waals surface area contributed by atoms with E-state index in [0.29, 0.717) is 35.9 Å². The van der Waals surface area contributed by atoms with Crippen LogP contribution >= 0.6 is 11.3 Å². The maximum atomic E-state index is 13.7. The summed E-state index contributed by atoms with van der Waals surface area (Å²) in [5.74, 6) is 0.230. The molecule has 3 aromatic heterocycles. The van der Waals surface area contributed by atoms with Crippen LogP contribution < -0.4 is 11.1 Å². The zero-order valence-electron chi connectivity index (χ0n) is 15.9. The van der Waals surface area contributed by atoms with E-state index in [1.165, 1.54) is 11.3 Å². The molecule has 1 amide bonds. The van der Waals surface area contributed by atoms with Crippen molar-refractivity contribution in [3.8, 4) is 10.7 Å². The van der Waals surface area contributed by atoms with Gasteiger partial charge in [-0.1, -0.05) is 6.07 Å². The summed E-state index contributed by atoms with van der Waals surface area (Å²) < 4.78 is 13.7. The fourth-order valence-corrected chi connectivity index (χ4v) is 4.59. The molecule has 150 valence electrons. The number of thiazole rings is 1. The third-order valence-electron chi connectivity index (χ3n) is 5.13. The second kappa shape index (κ2) is 7.82. The number of nitrogens with zero attached hydrogens (tertiary/aromatic N) is 4. The molecule has 0 aromatic carbocycles. The van der Waals surface area contributed by atoms with Crippen LogP contribution in [0.3, 0.4) is 0 Å². The van der Waals surface area contributed by atoms with E-state index in [2.05, 4.69) is 25.5 Å². The molecule has 0 spiro atoms. The van der Waals surface area contributed by atoms with E-state index in [-0.39, 0.29) is 11.8 Å². The molecule has 0 unspecified atom stereocenters. The number of carbonyl (C=O) groups excluding carboxylic acids is 1. The largest absolute Gasteiger partial charge is 0.369 e. The summed E-state index contributed by atoms with van der Waals surface area (Å²) in [5.41, 5.74) is 7.38. The van der Waals surface area contributed by atoms with Crippen LogP contribution in [-0.4, -0.2) is 38.8 Å². The second-order valence-electron chi connectivity index (χ2n) is 7.39. The smallest absolute Gasteiger partial charge is 0.222 e. The van der Waals surface area contributed by atoms with E-state index in [4.69, 9.17) is 5.73 Å². The van der Waals surface area contributed by atoms with Gasteiger partial charge in [-0.15, -0.1) is 21.5 Å². The van der Waals surface area contributed by atoms with Crippen LogP contribution in [0.25, 0.3) is 10.7 Å². The van der Waals surface area contributed by atoms with Gasteiger partial charge in [0.05, 0.1) is 6.42 Å². The van der Waals surface area contributed by atoms with Gasteiger partial charge in [-0.3, -0.25) is 9.78 Å². The summed E-state index contributed by atoms with van der Waals surface area (Å²) in [4.78, 5) is 20.6. The minimum Gasteiger partial charge on any atom is -0.369 e. The number of alkyl halides is 1. The Morgan fingerprint density at radius 3 is 2.83 bits per heavy atom. The third kappa shape index (κ3) is 4.09. The quantitative estimate of drug-likeness (QED) is 0.618. The summed E-state index contributed by atoms with van der Waals surface area (Å²) in [6.07, 6.45) is 3.63. The molecule has 0 aliphatic heterocycles. The molecule has 0 saturated heterocycles. The predicted octanol–water partition coefficient (Wildman–Crippen LogP) is 2.81. The molecule has 0 atom stereocenters. The number of primary amides is 1. The monoisotopic (exact) mass is 412 g/mol. The molecule has 1 saturated carbocycles. The Morgan fingerprint density at radius 1 is 1.34 bits per heavy atom. The third-order valence-corrected chi connectivity index (χ3v) is 6.13. The summed E-state index contributed by atoms with van der Waals surface area (Å²) in [5, 5.41) is 12.6. The lowest BCUT2D eigenvalue weighted by Gasteiger charge is -2.44. The molecule has 0 bridgehead atoms. The first-order valence-corrected chi connectivity index (χ1v) is 10.1. The van der Waals surface area contributed by atoms with E-state index in [9.17, 15) is 9.18 Å². The highest BCUT2D eigenvalue weighted by molar-refractivity contribution is 7.15. The Morgan fingerprint density at radius 2 is 2.17 bits per heavy atom. The Bertz CT molecular complexity index is 1020. The Kier molecular flexibility index (Phi) is 5.23. The maximum absolute atomic E-state index is 13.7. The van der Waals surface area contributed by atoms with E-state index >= 15 is 0 Å². The summed E-state index contributed by atoms with van der Waals surface area (Å²) >= 11 is 1.38. The van der Waals surface area contributed by atoms with Crippen molar-refractivity contribution < 1.29 is 9.18 Å². The number of aryl methyl sites for hydroxylation is 1. The average molecular weight is 412 g/mol. The van der Waals surface area contributed by atoms with E-state index in [1.807, 2.05) is 31.2 Å². The minimum absolute atomic E-state index is 0.162. The van der Waals surface area contributed by atoms with Crippen LogP contribution in [0, 0.1) is 6.92 Å². The van der Waals surface area contributed by atoms with Crippen molar-refractivity contribution in [2.24, 2.45) is 5.73 Å². The maximum Gasteiger partial charge on any atom is 0.222 e. The molecule has 4 rings (SSSR count). The molecule has 3 heterocycles. The van der Waals surface area contributed by atoms with Crippen molar-refractivity contribution in [3.63, 3.8) is 0 Å². The first-order chi connectivity index (χ1) is 13.9. The van der Waals surface area contributed by atoms with Crippen molar-refractivity contribution in [3.05, 3.63) is 52.8 Å². The van der Waals surface area contributed by atoms with Crippen LogP contribution in [0.4, 0.5) is 10.2 Å². The number of halogens is 1. The number of anilines is 1. The molecule has 9 heteroatoms. The van der Waals surface area contributed by atoms with E-state index < -0.39 is 12.1 Å². The number of amides is 1. The lowest BCUT2D eigenvalue weighted by molar-refractivity contribution is -0.117. The number of hydrogen-bond donors (Lipinski definition) is 2. The summed E-state index contributed by atoms with van der Waals surface area (Å²) in [7, 11) is 0. The molecule has 1 aliphatic carbocycles. The molecule has 1 aliphatic rings. The molecule has 29 heavy (non-hydrogen) atoms. The zero-order chi connectivity index (χ0) is 20.4. The Hall–Kier alpha value is -2.94. The van der Waals surface area contributed by atoms with Gasteiger partial charge in [0, 0.05) is 34.9 Å². The molecule has 1 fully saturated rings. The van der Waals surface area contributed by atoms with Gasteiger partial charge in [0.2, 0.25) is 5.91 Å². The highest BCUT2D eigenvalue weighted by atomic mass is 32.1. The standard InChI is InChI=1S/C20H21FN6OS/c1-12-6-17(26-27-18(12)19-24-10-14(29-19)7-16(22)28)25-11-20(8-13(21)9-20)15-4-2-3-5-23-15/h2-6,10,13H,7-9,11H2,1H3,(H2,22,28)(H,25,26). The van der Waals surface area contributed by atoms with Gasteiger partial charge in [0.15, 0.2) is 0 Å². The Balaban J connectivity index is 1.48. The molecule has 0 radical (unpaired) electrons. The van der Waals surface area contributed by atoms with Crippen molar-refractivity contribution in [1.82, 2.24) is 20.2 Å². The molecule has 3 aromatic rings. The molecule has 3 N–H and O–H groups in total. The number of carbonyl (C=O) groups is 1. The number of nitrogens with two attached hydrogens (primary N) is 1. The lowest BCUT2D eigenvalue weighted by atomic mass is 9.65. The van der Waals surface area contributed by atoms with Crippen LogP contribution in [-0.2, 0) is 16.6 Å². The van der Waals surface area contributed by atoms with Crippen LogP contribution in [0.2, 0.25) is 0 Å². The highest BCUT2D eigenvalue weighted by Gasteiger charge is 2.47. The fraction of sp³-hybridized carbons (Fsp3) is 0.350. The van der Waals surface area contributed by atoms with Gasteiger partial charge >= 0.3 is 0 Å². The van der Waals surface area contributed by atoms with Crippen LogP contribution in [0.5, 0.6) is 0 Å². The van der Waals surface area contributed by atoms with Crippen molar-refractivity contribution in [1.29, 1.82) is 0 Å². The molecular formula is C20H21FN6OS. The first-order valence-electron chi connectivity index (χ1n) is 9.32. The number of pyridine rings is 1. The minimum atomic E-state index is -0.798. The predicted molar refractivity (Wildman–Crippen MR) is 109 cm³/mol. The van der Waals surface area contributed by atoms with Crippen molar-refractivity contribution >= 4 is 23.1 Å². The van der Waals surface area contributed by atoms with E-state index in [1.54, 1.807) is 12.4 Å². The highest BCUT2D eigenvalue weighted by Crippen LogP contribution is 2.44. The number of aromatic nitrogens is 4. The lowest BCUT2D eigenvalue weighted by Crippen LogP contribution is -2.48. The van der Waals surface area contributed by atoms with Gasteiger partial charge in [-0.2, -0.15) is 0 Å². The average Bonchev–Trinajstić information content (AvgIpc) is 3.12. The first kappa shape index (κ1) is 19.4. The number of hydrogen-bond acceptors (Lipinski definition) is 7. The van der Waals surface area contributed by atoms with Gasteiger partial charge in [0.25, 0.3) is 0 Å². The summed E-state index contributed by atoms with van der Waals surface area (Å²) in [6.45, 7) is 2.47. The van der Waals surface area contributed by atoms with Gasteiger partial charge in [-0.25, -0.2) is 9.37 Å². The van der Waals surface area contributed by atoms with Gasteiger partial charge < -0.3 is 11.1 Å². The second-order valence-corrected chi connectivity index (χ2v) is 8.51. The molecule has 7 nitrogen and oxygen atoms in total. The van der Waals surface area contributed by atoms with Crippen molar-refractivity contribution in [2.45, 2.75) is 37.8 Å². The van der Waals surface area contributed by atoms with Gasteiger partial charge in [0.1, 0.15) is 22.7 Å². The number of rotatable bonds is 7. The van der Waals surface area contributed by atoms with Crippen LogP contribution in [0.15, 0.2) is 36.7 Å². The SMILES string of the molecule is Cc1cc(NCC2(c3ccccn3)CC(F)C2)nnc1-c1ncc(CC(N)=O)s1. The number of nitrogens with one attached hydrogen (secondary N) is 1. The topological polar surface area (TPSA) is 107 Å². The van der Waals surface area contributed by atoms with Gasteiger partial charge in [-0.05, 0) is 43.5 Å². The van der Waals surface area contributed by atoms with E-state index in [0.717, 1.165) is 16.1 Å². The summed E-state index contributed by atoms with van der Waals surface area (Å²) in [6, 6.07) is 7.63. The van der Waals surface area contributed by atoms with Crippen LogP contribution in [0.1, 0.15) is 29.0 Å². The zero-order valence-corrected chi connectivity index (χ0v) is 16.7. The normalized spacial score (nSPS) is 20.8.